The summed E-state index contributed by atoms with van der Waals surface area (Å²) >= 11 is 0. The zero-order valence-corrected chi connectivity index (χ0v) is 19.9. The molecule has 0 spiro atoms. The van der Waals surface area contributed by atoms with E-state index in [0.717, 1.165) is 0 Å². The summed E-state index contributed by atoms with van der Waals surface area (Å²) in [5, 5.41) is 37.7. The van der Waals surface area contributed by atoms with Crippen LogP contribution in [0.5, 0.6) is 0 Å². The molecule has 4 aromatic rings. The first kappa shape index (κ1) is 25.2. The molecule has 0 amide bonds. The lowest BCUT2D eigenvalue weighted by Gasteiger charge is -2.42. The summed E-state index contributed by atoms with van der Waals surface area (Å²) < 4.78 is 0. The Morgan fingerprint density at radius 2 is 0.514 bits per heavy atom. The minimum Gasteiger partial charge on any atom is -0.478 e. The molecule has 0 unspecified atom stereocenters. The van der Waals surface area contributed by atoms with Gasteiger partial charge in [-0.1, -0.05) is 0 Å². The van der Waals surface area contributed by atoms with E-state index in [1.807, 2.05) is 0 Å². The lowest BCUT2D eigenvalue weighted by atomic mass is 10.2. The average Bonchev–Trinajstić information content (AvgIpc) is 2.90. The van der Waals surface area contributed by atoms with Gasteiger partial charge in [-0.3, -0.25) is 0 Å². The van der Waals surface area contributed by atoms with E-state index in [1.54, 1.807) is 48.5 Å². The van der Waals surface area contributed by atoms with E-state index in [2.05, 4.69) is 0 Å². The number of rotatable bonds is 8. The van der Waals surface area contributed by atoms with E-state index in [9.17, 15) is 39.6 Å². The number of carbonyl (C=O) groups is 4. The van der Waals surface area contributed by atoms with E-state index in [0.29, 0.717) is 19.6 Å². The highest BCUT2D eigenvalue weighted by Crippen LogP contribution is 2.73. The maximum absolute atomic E-state index is 11.5. The van der Waals surface area contributed by atoms with Gasteiger partial charge in [-0.15, -0.1) is 10.0 Å². The Balaban J connectivity index is 2.09. The Bertz CT molecular complexity index is 1250. The highest BCUT2D eigenvalue weighted by molar-refractivity contribution is 8.34. The monoisotopic (exact) mass is 516 g/mol. The van der Waals surface area contributed by atoms with Crippen molar-refractivity contribution in [2.45, 2.75) is 19.6 Å². The van der Waals surface area contributed by atoms with Gasteiger partial charge in [-0.2, -0.15) is 0 Å². The molecule has 0 fully saturated rings. The zero-order chi connectivity index (χ0) is 26.7. The molecule has 0 radical (unpaired) electrons. The summed E-state index contributed by atoms with van der Waals surface area (Å²) in [6.07, 6.45) is 0. The van der Waals surface area contributed by atoms with E-state index in [4.69, 9.17) is 0 Å². The van der Waals surface area contributed by atoms with Crippen molar-refractivity contribution in [1.29, 1.82) is 0 Å². The highest BCUT2D eigenvalue weighted by Gasteiger charge is 2.34. The average molecular weight is 517 g/mol. The van der Waals surface area contributed by atoms with Gasteiger partial charge < -0.3 is 20.4 Å². The molecule has 37 heavy (non-hydrogen) atoms. The van der Waals surface area contributed by atoms with E-state index in [1.165, 1.54) is 48.5 Å². The third-order valence-corrected chi connectivity index (χ3v) is 9.74. The maximum atomic E-state index is 11.5. The highest BCUT2D eigenvalue weighted by atomic mass is 32.3. The molecular formula is C28H20O8S. The molecule has 8 nitrogen and oxygen atoms in total. The molecule has 4 N–H and O–H groups in total. The van der Waals surface area contributed by atoms with Crippen LogP contribution in [0.15, 0.2) is 117 Å². The summed E-state index contributed by atoms with van der Waals surface area (Å²) in [6.45, 7) is 0. The van der Waals surface area contributed by atoms with Crippen molar-refractivity contribution in [3.63, 3.8) is 0 Å². The lowest BCUT2D eigenvalue weighted by molar-refractivity contribution is 0.0686. The first-order chi connectivity index (χ1) is 17.6. The fourth-order valence-electron chi connectivity index (χ4n) is 4.02. The van der Waals surface area contributed by atoms with Crippen molar-refractivity contribution in [3.05, 3.63) is 119 Å². The number of hydrogen-bond acceptors (Lipinski definition) is 4. The SMILES string of the molecule is O=C(O)c1ccc(S(c2ccc(C(=O)O)cc2)(c2ccc(C(=O)O)cc2)c2ccc(C(=O)O)cc2)cc1. The van der Waals surface area contributed by atoms with Gasteiger partial charge in [0.2, 0.25) is 0 Å². The molecule has 0 aliphatic heterocycles. The molecule has 0 aliphatic carbocycles. The molecular weight excluding hydrogens is 496 g/mol. The molecule has 0 heterocycles. The van der Waals surface area contributed by atoms with Crippen LogP contribution in [0.2, 0.25) is 0 Å². The predicted molar refractivity (Wildman–Crippen MR) is 134 cm³/mol. The van der Waals surface area contributed by atoms with Gasteiger partial charge in [-0.05, 0) is 97.1 Å². The van der Waals surface area contributed by atoms with Crippen LogP contribution in [0.3, 0.4) is 0 Å². The standard InChI is InChI=1S/C28H20O8S/c29-25(30)17-1-9-21(10-2-17)37(22-11-3-18(4-12-22)26(31)32,23-13-5-19(6-14-23)27(33)34)24-15-7-20(8-16-24)28(35)36/h1-16H,(H,29,30)(H,31,32)(H,33,34)(H,35,36). The lowest BCUT2D eigenvalue weighted by Crippen LogP contribution is -2.08. The third kappa shape index (κ3) is 4.67. The van der Waals surface area contributed by atoms with Crippen LogP contribution in [-0.4, -0.2) is 44.3 Å². The molecule has 4 rings (SSSR count). The number of carboxylic acid groups (broad SMARTS) is 4. The van der Waals surface area contributed by atoms with Crippen LogP contribution in [0, 0.1) is 0 Å². The molecule has 0 bridgehead atoms. The van der Waals surface area contributed by atoms with Crippen LogP contribution in [0.25, 0.3) is 0 Å². The number of carboxylic acids is 4. The van der Waals surface area contributed by atoms with Crippen molar-refractivity contribution in [2.24, 2.45) is 0 Å². The van der Waals surface area contributed by atoms with E-state index in [-0.39, 0.29) is 22.3 Å². The predicted octanol–water partition coefficient (Wildman–Crippen LogP) is 5.82. The summed E-state index contributed by atoms with van der Waals surface area (Å²) in [7, 11) is -2.45. The first-order valence-corrected chi connectivity index (χ1v) is 12.4. The molecule has 9 heteroatoms. The van der Waals surface area contributed by atoms with E-state index < -0.39 is 33.9 Å². The third-order valence-electron chi connectivity index (χ3n) is 5.82. The molecule has 186 valence electrons. The topological polar surface area (TPSA) is 149 Å². The van der Waals surface area contributed by atoms with Crippen molar-refractivity contribution >= 4 is 33.9 Å². The van der Waals surface area contributed by atoms with Crippen molar-refractivity contribution < 1.29 is 39.6 Å². The van der Waals surface area contributed by atoms with Crippen molar-refractivity contribution in [1.82, 2.24) is 0 Å². The Morgan fingerprint density at radius 1 is 0.351 bits per heavy atom. The van der Waals surface area contributed by atoms with Crippen molar-refractivity contribution in [2.75, 3.05) is 0 Å². The zero-order valence-electron chi connectivity index (χ0n) is 19.1. The second-order valence-electron chi connectivity index (χ2n) is 7.93. The van der Waals surface area contributed by atoms with Crippen LogP contribution in [0.1, 0.15) is 41.4 Å². The quantitative estimate of drug-likeness (QED) is 0.229. The van der Waals surface area contributed by atoms with Crippen LogP contribution >= 0.6 is 10.0 Å². The van der Waals surface area contributed by atoms with Gasteiger partial charge >= 0.3 is 23.9 Å². The van der Waals surface area contributed by atoms with Gasteiger partial charge in [-0.25, -0.2) is 19.2 Å². The van der Waals surface area contributed by atoms with Gasteiger partial charge in [0.25, 0.3) is 0 Å². The minimum absolute atomic E-state index is 0.0701. The van der Waals surface area contributed by atoms with Gasteiger partial charge in [0.15, 0.2) is 0 Å². The Kier molecular flexibility index (Phi) is 6.81. The van der Waals surface area contributed by atoms with Crippen molar-refractivity contribution in [3.8, 4) is 0 Å². The first-order valence-electron chi connectivity index (χ1n) is 10.8. The van der Waals surface area contributed by atoms with E-state index >= 15 is 0 Å². The van der Waals surface area contributed by atoms with Crippen LogP contribution < -0.4 is 0 Å². The molecule has 0 aliphatic rings. The normalized spacial score (nSPS) is 11.5. The fourth-order valence-corrected chi connectivity index (χ4v) is 7.83. The number of hydrogen-bond donors (Lipinski definition) is 4. The largest absolute Gasteiger partial charge is 0.478 e. The summed E-state index contributed by atoms with van der Waals surface area (Å²) in [6, 6.07) is 25.0. The summed E-state index contributed by atoms with van der Waals surface area (Å²) in [5.74, 6) is -4.41. The Labute approximate surface area is 212 Å². The fraction of sp³-hybridized carbons (Fsp3) is 0. The van der Waals surface area contributed by atoms with Gasteiger partial charge in [0.1, 0.15) is 0 Å². The number of aromatic carboxylic acids is 4. The van der Waals surface area contributed by atoms with Crippen LogP contribution in [-0.2, 0) is 0 Å². The second-order valence-corrected chi connectivity index (χ2v) is 11.0. The Hall–Kier alpha value is -4.89. The Morgan fingerprint density at radius 3 is 0.649 bits per heavy atom. The molecule has 0 saturated carbocycles. The second kappa shape index (κ2) is 10.00. The molecule has 4 aromatic carbocycles. The van der Waals surface area contributed by atoms with Gasteiger partial charge in [0, 0.05) is 19.6 Å². The summed E-state index contributed by atoms with van der Waals surface area (Å²) in [4.78, 5) is 48.8. The summed E-state index contributed by atoms with van der Waals surface area (Å²) in [5.41, 5.74) is 0.280. The number of benzene rings is 4. The van der Waals surface area contributed by atoms with Crippen LogP contribution in [0.4, 0.5) is 0 Å². The minimum atomic E-state index is -2.45. The smallest absolute Gasteiger partial charge is 0.335 e. The molecule has 0 saturated heterocycles. The molecule has 0 aromatic heterocycles. The van der Waals surface area contributed by atoms with Gasteiger partial charge in [0.05, 0.1) is 22.3 Å². The molecule has 0 atom stereocenters. The maximum Gasteiger partial charge on any atom is 0.335 e.